The first-order valence-corrected chi connectivity index (χ1v) is 5.82. The third kappa shape index (κ3) is 3.11. The number of para-hydroxylation sites is 1. The number of nitrogens with one attached hydrogen (secondary N) is 1. The van der Waals surface area contributed by atoms with Crippen LogP contribution in [0.1, 0.15) is 12.8 Å². The molecule has 0 amide bonds. The van der Waals surface area contributed by atoms with E-state index in [1.54, 1.807) is 0 Å². The monoisotopic (exact) mass is 225 g/mol. The molecule has 1 heterocycles. The number of rotatable bonds is 3. The molecule has 0 radical (unpaired) electrons. The molecule has 1 saturated heterocycles. The average molecular weight is 226 g/mol. The first-order chi connectivity index (χ1) is 7.36. The van der Waals surface area contributed by atoms with Crippen molar-refractivity contribution in [2.45, 2.75) is 12.8 Å². The summed E-state index contributed by atoms with van der Waals surface area (Å²) in [6.07, 6.45) is 2.40. The van der Waals surface area contributed by atoms with Gasteiger partial charge in [-0.2, -0.15) is 0 Å². The first-order valence-electron chi connectivity index (χ1n) is 5.44. The third-order valence-electron chi connectivity index (χ3n) is 2.77. The zero-order valence-electron chi connectivity index (χ0n) is 8.71. The molecular weight excluding hydrogens is 210 g/mol. The van der Waals surface area contributed by atoms with Gasteiger partial charge in [0.05, 0.1) is 11.6 Å². The summed E-state index contributed by atoms with van der Waals surface area (Å²) in [7, 11) is 0. The molecule has 15 heavy (non-hydrogen) atoms. The van der Waals surface area contributed by atoms with Gasteiger partial charge in [0.2, 0.25) is 0 Å². The number of ether oxygens (including phenoxy) is 1. The van der Waals surface area contributed by atoms with E-state index >= 15 is 0 Å². The largest absolute Gasteiger partial charge is 0.492 e. The summed E-state index contributed by atoms with van der Waals surface area (Å²) >= 11 is 6.00. The first kappa shape index (κ1) is 10.8. The van der Waals surface area contributed by atoms with Crippen molar-refractivity contribution in [1.82, 2.24) is 5.32 Å². The Balaban J connectivity index is 1.84. The van der Waals surface area contributed by atoms with E-state index in [0.717, 1.165) is 25.4 Å². The zero-order chi connectivity index (χ0) is 10.5. The van der Waals surface area contributed by atoms with E-state index in [-0.39, 0.29) is 0 Å². The van der Waals surface area contributed by atoms with Gasteiger partial charge in [0.15, 0.2) is 0 Å². The van der Waals surface area contributed by atoms with Gasteiger partial charge in [-0.25, -0.2) is 0 Å². The van der Waals surface area contributed by atoms with Crippen LogP contribution in [0, 0.1) is 5.92 Å². The molecule has 1 aromatic carbocycles. The van der Waals surface area contributed by atoms with Crippen LogP contribution in [0.4, 0.5) is 0 Å². The number of hydrogen-bond acceptors (Lipinski definition) is 2. The molecule has 82 valence electrons. The minimum absolute atomic E-state index is 0.669. The summed E-state index contributed by atoms with van der Waals surface area (Å²) < 4.78 is 5.72. The van der Waals surface area contributed by atoms with E-state index in [1.165, 1.54) is 12.8 Å². The molecule has 0 bridgehead atoms. The lowest BCUT2D eigenvalue weighted by Gasteiger charge is -2.22. The molecule has 0 aliphatic carbocycles. The van der Waals surface area contributed by atoms with Gasteiger partial charge in [0.1, 0.15) is 5.75 Å². The maximum atomic E-state index is 6.00. The van der Waals surface area contributed by atoms with Crippen LogP contribution in [0.15, 0.2) is 24.3 Å². The molecule has 0 spiro atoms. The van der Waals surface area contributed by atoms with E-state index in [4.69, 9.17) is 16.3 Å². The van der Waals surface area contributed by atoms with Crippen LogP contribution in [-0.4, -0.2) is 19.7 Å². The van der Waals surface area contributed by atoms with Crippen molar-refractivity contribution in [3.63, 3.8) is 0 Å². The number of piperidine rings is 1. The van der Waals surface area contributed by atoms with Crippen molar-refractivity contribution < 1.29 is 4.74 Å². The lowest BCUT2D eigenvalue weighted by atomic mass is 9.99. The Kier molecular flexibility index (Phi) is 3.87. The quantitative estimate of drug-likeness (QED) is 0.854. The molecule has 1 aromatic rings. The molecule has 0 atom stereocenters. The van der Waals surface area contributed by atoms with Gasteiger partial charge in [-0.1, -0.05) is 23.7 Å². The van der Waals surface area contributed by atoms with Crippen LogP contribution in [0.5, 0.6) is 5.75 Å². The average Bonchev–Trinajstić information content (AvgIpc) is 2.29. The zero-order valence-corrected chi connectivity index (χ0v) is 9.46. The Bertz CT molecular complexity index is 310. The van der Waals surface area contributed by atoms with Gasteiger partial charge < -0.3 is 10.1 Å². The van der Waals surface area contributed by atoms with Gasteiger partial charge in [0.25, 0.3) is 0 Å². The molecule has 3 heteroatoms. The van der Waals surface area contributed by atoms with E-state index in [0.29, 0.717) is 10.9 Å². The topological polar surface area (TPSA) is 21.3 Å². The second-order valence-corrected chi connectivity index (χ2v) is 4.34. The second-order valence-electron chi connectivity index (χ2n) is 3.93. The Labute approximate surface area is 95.6 Å². The molecule has 1 aliphatic rings. The van der Waals surface area contributed by atoms with Crippen molar-refractivity contribution in [2.24, 2.45) is 5.92 Å². The normalized spacial score (nSPS) is 17.7. The standard InChI is InChI=1S/C12H16ClNO/c13-11-3-1-2-4-12(11)15-9-10-5-7-14-8-6-10/h1-4,10,14H,5-9H2. The maximum absolute atomic E-state index is 6.00. The van der Waals surface area contributed by atoms with Crippen LogP contribution in [0.25, 0.3) is 0 Å². The predicted octanol–water partition coefficient (Wildman–Crippen LogP) is 2.72. The Morgan fingerprint density at radius 2 is 2.00 bits per heavy atom. The number of hydrogen-bond donors (Lipinski definition) is 1. The van der Waals surface area contributed by atoms with Crippen molar-refractivity contribution >= 4 is 11.6 Å². The summed E-state index contributed by atoms with van der Waals surface area (Å²) in [5, 5.41) is 4.04. The van der Waals surface area contributed by atoms with E-state index in [2.05, 4.69) is 5.32 Å². The highest BCUT2D eigenvalue weighted by atomic mass is 35.5. The van der Waals surface area contributed by atoms with Gasteiger partial charge >= 0.3 is 0 Å². The van der Waals surface area contributed by atoms with Crippen molar-refractivity contribution in [3.8, 4) is 5.75 Å². The minimum atomic E-state index is 0.669. The molecule has 1 N–H and O–H groups in total. The number of halogens is 1. The summed E-state index contributed by atoms with van der Waals surface area (Å²) in [4.78, 5) is 0. The van der Waals surface area contributed by atoms with Crippen LogP contribution in [0.3, 0.4) is 0 Å². The van der Waals surface area contributed by atoms with Gasteiger partial charge in [-0.05, 0) is 44.0 Å². The summed E-state index contributed by atoms with van der Waals surface area (Å²) in [5.41, 5.74) is 0. The predicted molar refractivity (Wildman–Crippen MR) is 62.5 cm³/mol. The SMILES string of the molecule is Clc1ccccc1OCC1CCNCC1. The highest BCUT2D eigenvalue weighted by molar-refractivity contribution is 6.32. The fourth-order valence-electron chi connectivity index (χ4n) is 1.82. The minimum Gasteiger partial charge on any atom is -0.492 e. The van der Waals surface area contributed by atoms with Crippen molar-refractivity contribution in [1.29, 1.82) is 0 Å². The Morgan fingerprint density at radius 3 is 2.73 bits per heavy atom. The molecule has 0 unspecified atom stereocenters. The summed E-state index contributed by atoms with van der Waals surface area (Å²) in [5.74, 6) is 1.47. The third-order valence-corrected chi connectivity index (χ3v) is 3.08. The lowest BCUT2D eigenvalue weighted by Crippen LogP contribution is -2.30. The molecule has 1 aliphatic heterocycles. The highest BCUT2D eigenvalue weighted by Crippen LogP contribution is 2.24. The van der Waals surface area contributed by atoms with Crippen LogP contribution in [0.2, 0.25) is 5.02 Å². The van der Waals surface area contributed by atoms with Crippen LogP contribution >= 0.6 is 11.6 Å². The Hall–Kier alpha value is -0.730. The highest BCUT2D eigenvalue weighted by Gasteiger charge is 2.13. The van der Waals surface area contributed by atoms with Crippen LogP contribution < -0.4 is 10.1 Å². The fraction of sp³-hybridized carbons (Fsp3) is 0.500. The summed E-state index contributed by atoms with van der Waals surface area (Å²) in [6, 6.07) is 7.64. The van der Waals surface area contributed by atoms with E-state index < -0.39 is 0 Å². The molecule has 1 fully saturated rings. The molecule has 2 nitrogen and oxygen atoms in total. The Morgan fingerprint density at radius 1 is 1.27 bits per heavy atom. The van der Waals surface area contributed by atoms with E-state index in [9.17, 15) is 0 Å². The number of benzene rings is 1. The van der Waals surface area contributed by atoms with E-state index in [1.807, 2.05) is 24.3 Å². The second kappa shape index (κ2) is 5.38. The molecule has 0 saturated carbocycles. The molecule has 2 rings (SSSR count). The maximum Gasteiger partial charge on any atom is 0.137 e. The van der Waals surface area contributed by atoms with Crippen molar-refractivity contribution in [3.05, 3.63) is 29.3 Å². The summed E-state index contributed by atoms with van der Waals surface area (Å²) in [6.45, 7) is 3.00. The smallest absolute Gasteiger partial charge is 0.137 e. The van der Waals surface area contributed by atoms with Gasteiger partial charge in [-0.15, -0.1) is 0 Å². The lowest BCUT2D eigenvalue weighted by molar-refractivity contribution is 0.215. The van der Waals surface area contributed by atoms with Gasteiger partial charge in [-0.3, -0.25) is 0 Å². The van der Waals surface area contributed by atoms with Gasteiger partial charge in [0, 0.05) is 0 Å². The van der Waals surface area contributed by atoms with Crippen molar-refractivity contribution in [2.75, 3.05) is 19.7 Å². The molecule has 0 aromatic heterocycles. The van der Waals surface area contributed by atoms with Crippen LogP contribution in [-0.2, 0) is 0 Å². The molecular formula is C12H16ClNO. The fourth-order valence-corrected chi connectivity index (χ4v) is 2.01.